The zero-order chi connectivity index (χ0) is 14.5. The molecular weight excluding hydrogens is 258 g/mol. The smallest absolute Gasteiger partial charge is 0.329 e. The van der Waals surface area contributed by atoms with Crippen molar-refractivity contribution < 1.29 is 19.4 Å². The second-order valence-corrected chi connectivity index (χ2v) is 5.01. The van der Waals surface area contributed by atoms with Crippen molar-refractivity contribution in [1.82, 2.24) is 4.90 Å². The third-order valence-corrected chi connectivity index (χ3v) is 3.55. The van der Waals surface area contributed by atoms with Gasteiger partial charge in [-0.25, -0.2) is 4.79 Å². The number of carboxylic acids is 1. The van der Waals surface area contributed by atoms with Crippen LogP contribution in [0.25, 0.3) is 0 Å². The van der Waals surface area contributed by atoms with Crippen molar-refractivity contribution in [2.45, 2.75) is 25.9 Å². The molecule has 2 rings (SSSR count). The normalized spacial score (nSPS) is 16.1. The van der Waals surface area contributed by atoms with Crippen LogP contribution in [0.4, 0.5) is 0 Å². The van der Waals surface area contributed by atoms with Gasteiger partial charge in [0.05, 0.1) is 6.10 Å². The molecule has 0 radical (unpaired) electrons. The van der Waals surface area contributed by atoms with Gasteiger partial charge >= 0.3 is 5.97 Å². The van der Waals surface area contributed by atoms with Crippen molar-refractivity contribution in [2.24, 2.45) is 0 Å². The summed E-state index contributed by atoms with van der Waals surface area (Å²) in [6, 6.07) is 7.54. The van der Waals surface area contributed by atoms with E-state index in [1.807, 2.05) is 36.1 Å². The van der Waals surface area contributed by atoms with E-state index in [9.17, 15) is 9.59 Å². The Kier molecular flexibility index (Phi) is 4.74. The Balaban J connectivity index is 1.89. The van der Waals surface area contributed by atoms with Crippen LogP contribution in [0.1, 0.15) is 28.8 Å². The fourth-order valence-electron chi connectivity index (χ4n) is 2.40. The van der Waals surface area contributed by atoms with Crippen LogP contribution in [0.3, 0.4) is 0 Å². The highest BCUT2D eigenvalue weighted by atomic mass is 16.5. The number of carbonyl (C=O) groups excluding carboxylic acids is 1. The average molecular weight is 277 g/mol. The molecule has 1 fully saturated rings. The number of aryl methyl sites for hydroxylation is 1. The van der Waals surface area contributed by atoms with E-state index in [0.29, 0.717) is 25.9 Å². The van der Waals surface area contributed by atoms with E-state index in [-0.39, 0.29) is 18.6 Å². The lowest BCUT2D eigenvalue weighted by atomic mass is 10.0. The fraction of sp³-hybridized carbons (Fsp3) is 0.467. The summed E-state index contributed by atoms with van der Waals surface area (Å²) in [5.41, 5.74) is 1.71. The number of likely N-dealkylation sites (tertiary alicyclic amines) is 1. The van der Waals surface area contributed by atoms with Crippen LogP contribution in [0, 0.1) is 6.92 Å². The first kappa shape index (κ1) is 14.5. The molecule has 5 nitrogen and oxygen atoms in total. The quantitative estimate of drug-likeness (QED) is 0.909. The maximum absolute atomic E-state index is 12.4. The molecule has 1 aliphatic rings. The minimum atomic E-state index is -0.955. The Labute approximate surface area is 118 Å². The monoisotopic (exact) mass is 277 g/mol. The van der Waals surface area contributed by atoms with Crippen LogP contribution in [-0.2, 0) is 9.53 Å². The minimum Gasteiger partial charge on any atom is -0.480 e. The number of aliphatic carboxylic acids is 1. The standard InChI is InChI=1S/C15H19NO4/c1-11-4-2-3-5-13(11)15(19)16-8-6-12(7-9-16)20-10-14(17)18/h2-5,12H,6-10H2,1H3,(H,17,18). The second-order valence-electron chi connectivity index (χ2n) is 5.01. The van der Waals surface area contributed by atoms with E-state index >= 15 is 0 Å². The van der Waals surface area contributed by atoms with Gasteiger partial charge in [-0.1, -0.05) is 18.2 Å². The predicted molar refractivity (Wildman–Crippen MR) is 73.7 cm³/mol. The molecular formula is C15H19NO4. The maximum atomic E-state index is 12.4. The van der Waals surface area contributed by atoms with Crippen LogP contribution < -0.4 is 0 Å². The van der Waals surface area contributed by atoms with E-state index in [4.69, 9.17) is 9.84 Å². The Morgan fingerprint density at radius 3 is 2.55 bits per heavy atom. The molecule has 1 heterocycles. The summed E-state index contributed by atoms with van der Waals surface area (Å²) in [4.78, 5) is 24.6. The molecule has 5 heteroatoms. The number of rotatable bonds is 4. The molecule has 0 unspecified atom stereocenters. The van der Waals surface area contributed by atoms with Crippen LogP contribution >= 0.6 is 0 Å². The molecule has 20 heavy (non-hydrogen) atoms. The molecule has 108 valence electrons. The van der Waals surface area contributed by atoms with Gasteiger partial charge in [-0.3, -0.25) is 4.79 Å². The molecule has 0 bridgehead atoms. The summed E-state index contributed by atoms with van der Waals surface area (Å²) in [7, 11) is 0. The Hall–Kier alpha value is -1.88. The van der Waals surface area contributed by atoms with Gasteiger partial charge in [-0.05, 0) is 31.4 Å². The number of hydrogen-bond donors (Lipinski definition) is 1. The number of piperidine rings is 1. The number of benzene rings is 1. The van der Waals surface area contributed by atoms with Crippen LogP contribution in [-0.4, -0.2) is 47.7 Å². The molecule has 1 aromatic carbocycles. The van der Waals surface area contributed by atoms with Gasteiger partial charge < -0.3 is 14.7 Å². The highest BCUT2D eigenvalue weighted by molar-refractivity contribution is 5.95. The molecule has 0 aliphatic carbocycles. The lowest BCUT2D eigenvalue weighted by molar-refractivity contribution is -0.145. The van der Waals surface area contributed by atoms with Crippen molar-refractivity contribution in [3.8, 4) is 0 Å². The van der Waals surface area contributed by atoms with Crippen molar-refractivity contribution >= 4 is 11.9 Å². The van der Waals surface area contributed by atoms with Crippen LogP contribution in [0.2, 0.25) is 0 Å². The van der Waals surface area contributed by atoms with E-state index in [0.717, 1.165) is 11.1 Å². The topological polar surface area (TPSA) is 66.8 Å². The highest BCUT2D eigenvalue weighted by Crippen LogP contribution is 2.17. The van der Waals surface area contributed by atoms with E-state index < -0.39 is 5.97 Å². The molecule has 0 saturated carbocycles. The number of carboxylic acid groups (broad SMARTS) is 1. The van der Waals surface area contributed by atoms with Crippen molar-refractivity contribution in [1.29, 1.82) is 0 Å². The number of amides is 1. The minimum absolute atomic E-state index is 0.0415. The number of nitrogens with zero attached hydrogens (tertiary/aromatic N) is 1. The predicted octanol–water partition coefficient (Wildman–Crippen LogP) is 1.70. The van der Waals surface area contributed by atoms with Crippen LogP contribution in [0.15, 0.2) is 24.3 Å². The van der Waals surface area contributed by atoms with Gasteiger partial charge in [0, 0.05) is 18.7 Å². The molecule has 1 saturated heterocycles. The largest absolute Gasteiger partial charge is 0.480 e. The SMILES string of the molecule is Cc1ccccc1C(=O)N1CCC(OCC(=O)O)CC1. The summed E-state index contributed by atoms with van der Waals surface area (Å²) >= 11 is 0. The first-order valence-electron chi connectivity index (χ1n) is 6.76. The zero-order valence-corrected chi connectivity index (χ0v) is 11.5. The molecule has 1 N–H and O–H groups in total. The third kappa shape index (κ3) is 3.57. The Morgan fingerprint density at radius 1 is 1.30 bits per heavy atom. The lowest BCUT2D eigenvalue weighted by Crippen LogP contribution is -2.41. The molecule has 0 atom stereocenters. The van der Waals surface area contributed by atoms with Crippen molar-refractivity contribution in [2.75, 3.05) is 19.7 Å². The Bertz CT molecular complexity index is 492. The van der Waals surface area contributed by atoms with Gasteiger partial charge in [-0.2, -0.15) is 0 Å². The molecule has 1 aromatic rings. The number of hydrogen-bond acceptors (Lipinski definition) is 3. The first-order chi connectivity index (χ1) is 9.58. The highest BCUT2D eigenvalue weighted by Gasteiger charge is 2.25. The van der Waals surface area contributed by atoms with Gasteiger partial charge in [0.25, 0.3) is 5.91 Å². The summed E-state index contributed by atoms with van der Waals surface area (Å²) in [5.74, 6) is -0.914. The third-order valence-electron chi connectivity index (χ3n) is 3.55. The molecule has 0 aromatic heterocycles. The van der Waals surface area contributed by atoms with E-state index in [1.165, 1.54) is 0 Å². The first-order valence-corrected chi connectivity index (χ1v) is 6.76. The average Bonchev–Trinajstić information content (AvgIpc) is 2.45. The van der Waals surface area contributed by atoms with Crippen molar-refractivity contribution in [3.63, 3.8) is 0 Å². The number of carbonyl (C=O) groups is 2. The van der Waals surface area contributed by atoms with Gasteiger partial charge in [0.1, 0.15) is 6.61 Å². The van der Waals surface area contributed by atoms with E-state index in [2.05, 4.69) is 0 Å². The van der Waals surface area contributed by atoms with Crippen molar-refractivity contribution in [3.05, 3.63) is 35.4 Å². The fourth-order valence-corrected chi connectivity index (χ4v) is 2.40. The second kappa shape index (κ2) is 6.52. The number of ether oxygens (including phenoxy) is 1. The summed E-state index contributed by atoms with van der Waals surface area (Å²) in [6.07, 6.45) is 1.31. The maximum Gasteiger partial charge on any atom is 0.329 e. The van der Waals surface area contributed by atoms with Gasteiger partial charge in [0.2, 0.25) is 0 Å². The summed E-state index contributed by atoms with van der Waals surface area (Å²) < 4.78 is 5.26. The van der Waals surface area contributed by atoms with Gasteiger partial charge in [0.15, 0.2) is 0 Å². The summed E-state index contributed by atoms with van der Waals surface area (Å²) in [5, 5.41) is 8.57. The van der Waals surface area contributed by atoms with E-state index in [1.54, 1.807) is 0 Å². The molecule has 0 spiro atoms. The summed E-state index contributed by atoms with van der Waals surface area (Å²) in [6.45, 7) is 2.88. The zero-order valence-electron chi connectivity index (χ0n) is 11.5. The Morgan fingerprint density at radius 2 is 1.95 bits per heavy atom. The lowest BCUT2D eigenvalue weighted by Gasteiger charge is -2.32. The van der Waals surface area contributed by atoms with Gasteiger partial charge in [-0.15, -0.1) is 0 Å². The molecule has 1 aliphatic heterocycles. The van der Waals surface area contributed by atoms with Crippen LogP contribution in [0.5, 0.6) is 0 Å². The molecule has 1 amide bonds.